The zero-order valence-corrected chi connectivity index (χ0v) is 15.0. The van der Waals surface area contributed by atoms with E-state index in [2.05, 4.69) is 18.0 Å². The summed E-state index contributed by atoms with van der Waals surface area (Å²) in [6.45, 7) is 0.955. The SMILES string of the molecule is COc1c2c3c(c(OC)c1OC)-c1c(O)cccc1CC3N(C)CC2. The lowest BCUT2D eigenvalue weighted by atomic mass is 9.76. The molecule has 0 bridgehead atoms. The molecule has 0 saturated heterocycles. The fourth-order valence-electron chi connectivity index (χ4n) is 4.39. The molecule has 0 fully saturated rings. The van der Waals surface area contributed by atoms with E-state index in [4.69, 9.17) is 14.2 Å². The Morgan fingerprint density at radius 1 is 1.00 bits per heavy atom. The monoisotopic (exact) mass is 341 g/mol. The molecule has 0 saturated carbocycles. The molecule has 1 aliphatic carbocycles. The third-order valence-corrected chi connectivity index (χ3v) is 5.49. The van der Waals surface area contributed by atoms with Crippen molar-refractivity contribution >= 4 is 0 Å². The molecule has 1 atom stereocenters. The molecular formula is C20H23NO4. The summed E-state index contributed by atoms with van der Waals surface area (Å²) in [5.74, 6) is 2.24. The van der Waals surface area contributed by atoms with Crippen LogP contribution in [0.2, 0.25) is 0 Å². The summed E-state index contributed by atoms with van der Waals surface area (Å²) >= 11 is 0. The first-order chi connectivity index (χ1) is 12.1. The van der Waals surface area contributed by atoms with E-state index in [-0.39, 0.29) is 11.8 Å². The minimum Gasteiger partial charge on any atom is -0.507 e. The Balaban J connectivity index is 2.17. The van der Waals surface area contributed by atoms with Crippen LogP contribution in [0, 0.1) is 0 Å². The van der Waals surface area contributed by atoms with Crippen LogP contribution in [0.3, 0.4) is 0 Å². The largest absolute Gasteiger partial charge is 0.507 e. The first-order valence-corrected chi connectivity index (χ1v) is 8.48. The Kier molecular flexibility index (Phi) is 3.76. The number of methoxy groups -OCH3 is 3. The van der Waals surface area contributed by atoms with Gasteiger partial charge in [0.05, 0.1) is 21.3 Å². The number of rotatable bonds is 3. The Morgan fingerprint density at radius 3 is 2.40 bits per heavy atom. The molecule has 0 spiro atoms. The average molecular weight is 341 g/mol. The molecule has 0 radical (unpaired) electrons. The second-order valence-corrected chi connectivity index (χ2v) is 6.63. The highest BCUT2D eigenvalue weighted by molar-refractivity contribution is 5.88. The fourth-order valence-corrected chi connectivity index (χ4v) is 4.39. The Morgan fingerprint density at radius 2 is 1.72 bits per heavy atom. The van der Waals surface area contributed by atoms with Gasteiger partial charge in [0.25, 0.3) is 0 Å². The number of nitrogens with zero attached hydrogens (tertiary/aromatic N) is 1. The molecule has 132 valence electrons. The summed E-state index contributed by atoms with van der Waals surface area (Å²) in [5.41, 5.74) is 5.27. The highest BCUT2D eigenvalue weighted by Crippen LogP contribution is 2.58. The minimum absolute atomic E-state index is 0.238. The van der Waals surface area contributed by atoms with Crippen LogP contribution >= 0.6 is 0 Å². The van der Waals surface area contributed by atoms with Crippen LogP contribution in [0.1, 0.15) is 22.7 Å². The molecule has 5 nitrogen and oxygen atoms in total. The van der Waals surface area contributed by atoms with E-state index in [1.54, 1.807) is 27.4 Å². The maximum Gasteiger partial charge on any atom is 0.204 e. The number of ether oxygens (including phenoxy) is 3. The predicted octanol–water partition coefficient (Wildman–Crippen LogP) is 3.17. The normalized spacial score (nSPS) is 18.3. The number of phenolic OH excluding ortho intramolecular Hbond substituents is 1. The molecular weight excluding hydrogens is 318 g/mol. The highest BCUT2D eigenvalue weighted by Gasteiger charge is 2.39. The van der Waals surface area contributed by atoms with Crippen molar-refractivity contribution < 1.29 is 19.3 Å². The summed E-state index contributed by atoms with van der Waals surface area (Å²) in [6, 6.07) is 5.95. The Bertz CT molecular complexity index is 846. The van der Waals surface area contributed by atoms with Gasteiger partial charge in [-0.3, -0.25) is 4.90 Å². The minimum atomic E-state index is 0.238. The molecule has 0 aromatic heterocycles. The average Bonchev–Trinajstić information content (AvgIpc) is 2.63. The summed E-state index contributed by atoms with van der Waals surface area (Å²) in [4.78, 5) is 2.37. The summed E-state index contributed by atoms with van der Waals surface area (Å²) < 4.78 is 17.1. The molecule has 2 aromatic rings. The van der Waals surface area contributed by atoms with Gasteiger partial charge >= 0.3 is 0 Å². The van der Waals surface area contributed by atoms with Crippen LogP contribution in [0.5, 0.6) is 23.0 Å². The first-order valence-electron chi connectivity index (χ1n) is 8.48. The van der Waals surface area contributed by atoms with E-state index < -0.39 is 0 Å². The van der Waals surface area contributed by atoms with Crippen LogP contribution in [0.25, 0.3) is 11.1 Å². The van der Waals surface area contributed by atoms with Crippen molar-refractivity contribution in [2.24, 2.45) is 0 Å². The second kappa shape index (κ2) is 5.85. The second-order valence-electron chi connectivity index (χ2n) is 6.63. The van der Waals surface area contributed by atoms with Gasteiger partial charge in [0.2, 0.25) is 5.75 Å². The van der Waals surface area contributed by atoms with Crippen LogP contribution in [0.4, 0.5) is 0 Å². The number of fused-ring (bicyclic) bond motifs is 2. The van der Waals surface area contributed by atoms with Crippen LogP contribution in [-0.2, 0) is 12.8 Å². The number of phenols is 1. The van der Waals surface area contributed by atoms with Gasteiger partial charge in [-0.05, 0) is 37.1 Å². The number of aromatic hydroxyl groups is 1. The van der Waals surface area contributed by atoms with Gasteiger partial charge in [-0.2, -0.15) is 0 Å². The maximum absolute atomic E-state index is 10.6. The predicted molar refractivity (Wildman–Crippen MR) is 96.0 cm³/mol. The first kappa shape index (κ1) is 16.1. The fraction of sp³-hybridized carbons (Fsp3) is 0.400. The zero-order chi connectivity index (χ0) is 17.7. The number of likely N-dealkylation sites (N-methyl/N-ethyl adjacent to an activating group) is 1. The van der Waals surface area contributed by atoms with Crippen molar-refractivity contribution in [3.05, 3.63) is 34.9 Å². The van der Waals surface area contributed by atoms with E-state index in [9.17, 15) is 5.11 Å². The molecule has 1 aliphatic heterocycles. The smallest absolute Gasteiger partial charge is 0.204 e. The number of hydrogen-bond acceptors (Lipinski definition) is 5. The van der Waals surface area contributed by atoms with E-state index in [0.29, 0.717) is 11.5 Å². The van der Waals surface area contributed by atoms with Gasteiger partial charge in [-0.15, -0.1) is 0 Å². The molecule has 1 N–H and O–H groups in total. The van der Waals surface area contributed by atoms with Gasteiger partial charge in [-0.1, -0.05) is 12.1 Å². The quantitative estimate of drug-likeness (QED) is 0.929. The van der Waals surface area contributed by atoms with E-state index in [0.717, 1.165) is 47.4 Å². The zero-order valence-electron chi connectivity index (χ0n) is 15.0. The molecule has 1 heterocycles. The summed E-state index contributed by atoms with van der Waals surface area (Å²) in [6.07, 6.45) is 1.74. The van der Waals surface area contributed by atoms with Crippen molar-refractivity contribution in [3.8, 4) is 34.1 Å². The lowest BCUT2D eigenvalue weighted by Gasteiger charge is -2.41. The van der Waals surface area contributed by atoms with Crippen molar-refractivity contribution in [2.75, 3.05) is 34.9 Å². The van der Waals surface area contributed by atoms with Crippen molar-refractivity contribution in [3.63, 3.8) is 0 Å². The lowest BCUT2D eigenvalue weighted by Crippen LogP contribution is -2.36. The van der Waals surface area contributed by atoms with Gasteiger partial charge < -0.3 is 19.3 Å². The van der Waals surface area contributed by atoms with E-state index in [1.165, 1.54) is 5.56 Å². The molecule has 2 aliphatic rings. The standard InChI is InChI=1S/C20H23NO4/c1-21-9-8-12-16-13(21)10-11-6-5-7-14(22)15(11)17(16)19(24-3)20(25-4)18(12)23-2/h5-7,13,22H,8-10H2,1-4H3. The highest BCUT2D eigenvalue weighted by atomic mass is 16.5. The van der Waals surface area contributed by atoms with Crippen molar-refractivity contribution in [2.45, 2.75) is 18.9 Å². The molecule has 5 heteroatoms. The van der Waals surface area contributed by atoms with Crippen LogP contribution in [0.15, 0.2) is 18.2 Å². The van der Waals surface area contributed by atoms with E-state index in [1.807, 2.05) is 6.07 Å². The van der Waals surface area contributed by atoms with Crippen LogP contribution < -0.4 is 14.2 Å². The van der Waals surface area contributed by atoms with Gasteiger partial charge in [0, 0.05) is 29.3 Å². The van der Waals surface area contributed by atoms with Gasteiger partial charge in [0.15, 0.2) is 11.5 Å². The van der Waals surface area contributed by atoms with Crippen molar-refractivity contribution in [1.29, 1.82) is 0 Å². The Hall–Kier alpha value is -2.40. The molecule has 1 unspecified atom stereocenters. The number of hydrogen-bond donors (Lipinski definition) is 1. The summed E-state index contributed by atoms with van der Waals surface area (Å²) in [7, 11) is 7.08. The van der Waals surface area contributed by atoms with Gasteiger partial charge in [-0.25, -0.2) is 0 Å². The molecule has 0 amide bonds. The topological polar surface area (TPSA) is 51.2 Å². The molecule has 25 heavy (non-hydrogen) atoms. The lowest BCUT2D eigenvalue weighted by molar-refractivity contribution is 0.222. The van der Waals surface area contributed by atoms with E-state index >= 15 is 0 Å². The third-order valence-electron chi connectivity index (χ3n) is 5.49. The Labute approximate surface area is 147 Å². The maximum atomic E-state index is 10.6. The number of benzene rings is 2. The summed E-state index contributed by atoms with van der Waals surface area (Å²) in [5, 5.41) is 10.6. The van der Waals surface area contributed by atoms with Crippen molar-refractivity contribution in [1.82, 2.24) is 4.90 Å². The van der Waals surface area contributed by atoms with Gasteiger partial charge in [0.1, 0.15) is 5.75 Å². The molecule has 2 aromatic carbocycles. The van der Waals surface area contributed by atoms with Crippen LogP contribution in [-0.4, -0.2) is 44.9 Å². The third kappa shape index (κ3) is 2.12. The molecule has 4 rings (SSSR count).